The molecular weight excluding hydrogens is 285 g/mol. The van der Waals surface area contributed by atoms with Gasteiger partial charge in [-0.1, -0.05) is 15.9 Å². The number of rotatable bonds is 3. The monoisotopic (exact) mass is 301 g/mol. The average Bonchev–Trinajstić information content (AvgIpc) is 2.29. The summed E-state index contributed by atoms with van der Waals surface area (Å²) in [4.78, 5) is 0. The summed E-state index contributed by atoms with van der Waals surface area (Å²) >= 11 is 3.32. The highest BCUT2D eigenvalue weighted by atomic mass is 79.9. The maximum atomic E-state index is 13.3. The maximum absolute atomic E-state index is 13.3. The van der Waals surface area contributed by atoms with Crippen molar-refractivity contribution in [2.24, 2.45) is 11.1 Å². The van der Waals surface area contributed by atoms with Gasteiger partial charge in [0.15, 0.2) is 0 Å². The molecule has 2 N–H and O–H groups in total. The zero-order valence-electron chi connectivity index (χ0n) is 9.72. The summed E-state index contributed by atoms with van der Waals surface area (Å²) < 4.78 is 19.5. The molecule has 0 bridgehead atoms. The van der Waals surface area contributed by atoms with Crippen LogP contribution < -0.4 is 5.73 Å². The van der Waals surface area contributed by atoms with Gasteiger partial charge in [-0.05, 0) is 55.0 Å². The second-order valence-corrected chi connectivity index (χ2v) is 5.69. The fraction of sp³-hybridized carbons (Fsp3) is 0.538. The van der Waals surface area contributed by atoms with Crippen LogP contribution in [0.15, 0.2) is 22.7 Å². The normalized spacial score (nSPS) is 19.2. The first-order valence-electron chi connectivity index (χ1n) is 5.86. The topological polar surface area (TPSA) is 35.2 Å². The summed E-state index contributed by atoms with van der Waals surface area (Å²) in [6.07, 6.45) is 2.73. The molecule has 0 amide bonds. The number of hydrogen-bond acceptors (Lipinski definition) is 2. The molecule has 0 atom stereocenters. The van der Waals surface area contributed by atoms with Crippen molar-refractivity contribution in [2.45, 2.75) is 19.3 Å². The van der Waals surface area contributed by atoms with Crippen molar-refractivity contribution in [3.05, 3.63) is 34.1 Å². The molecule has 0 aromatic heterocycles. The van der Waals surface area contributed by atoms with Gasteiger partial charge in [0.05, 0.1) is 0 Å². The fourth-order valence-electron chi connectivity index (χ4n) is 2.40. The van der Waals surface area contributed by atoms with Crippen molar-refractivity contribution < 1.29 is 9.13 Å². The Morgan fingerprint density at radius 3 is 2.59 bits per heavy atom. The van der Waals surface area contributed by atoms with Gasteiger partial charge in [-0.2, -0.15) is 0 Å². The Balaban J connectivity index is 2.17. The third-order valence-electron chi connectivity index (χ3n) is 3.49. The van der Waals surface area contributed by atoms with Crippen LogP contribution in [0.2, 0.25) is 0 Å². The standard InChI is InChI=1S/C13H17BrFNO/c14-11-5-10(6-12(15)7-11)8-13(9-16)1-3-17-4-2-13/h5-7H,1-4,8-9,16H2. The average molecular weight is 302 g/mol. The number of ether oxygens (including phenoxy) is 1. The highest BCUT2D eigenvalue weighted by Gasteiger charge is 2.31. The van der Waals surface area contributed by atoms with E-state index in [9.17, 15) is 4.39 Å². The highest BCUT2D eigenvalue weighted by molar-refractivity contribution is 9.10. The molecule has 1 aliphatic heterocycles. The summed E-state index contributed by atoms with van der Waals surface area (Å²) in [5.74, 6) is -0.200. The minimum absolute atomic E-state index is 0.0749. The minimum Gasteiger partial charge on any atom is -0.381 e. The van der Waals surface area contributed by atoms with E-state index >= 15 is 0 Å². The Bertz CT molecular complexity index is 371. The van der Waals surface area contributed by atoms with Gasteiger partial charge in [0.2, 0.25) is 0 Å². The zero-order valence-corrected chi connectivity index (χ0v) is 11.3. The van der Waals surface area contributed by atoms with Crippen molar-refractivity contribution in [3.8, 4) is 0 Å². The van der Waals surface area contributed by atoms with Gasteiger partial charge >= 0.3 is 0 Å². The lowest BCUT2D eigenvalue weighted by atomic mass is 9.75. The molecular formula is C13H17BrFNO. The van der Waals surface area contributed by atoms with E-state index in [1.807, 2.05) is 6.07 Å². The van der Waals surface area contributed by atoms with Gasteiger partial charge in [-0.15, -0.1) is 0 Å². The number of benzene rings is 1. The van der Waals surface area contributed by atoms with E-state index in [0.717, 1.165) is 42.5 Å². The van der Waals surface area contributed by atoms with Crippen molar-refractivity contribution >= 4 is 15.9 Å². The maximum Gasteiger partial charge on any atom is 0.124 e. The summed E-state index contributed by atoms with van der Waals surface area (Å²) in [6, 6.07) is 5.04. The van der Waals surface area contributed by atoms with E-state index < -0.39 is 0 Å². The van der Waals surface area contributed by atoms with Gasteiger partial charge in [-0.3, -0.25) is 0 Å². The Morgan fingerprint density at radius 1 is 1.29 bits per heavy atom. The molecule has 4 heteroatoms. The molecule has 0 unspecified atom stereocenters. The largest absolute Gasteiger partial charge is 0.381 e. The molecule has 0 aliphatic carbocycles. The van der Waals surface area contributed by atoms with Crippen molar-refractivity contribution in [1.82, 2.24) is 0 Å². The molecule has 1 aromatic carbocycles. The number of halogens is 2. The molecule has 1 heterocycles. The van der Waals surface area contributed by atoms with E-state index in [2.05, 4.69) is 15.9 Å². The SMILES string of the molecule is NCC1(Cc2cc(F)cc(Br)c2)CCOCC1. The molecule has 1 saturated heterocycles. The van der Waals surface area contributed by atoms with E-state index in [0.29, 0.717) is 6.54 Å². The van der Waals surface area contributed by atoms with E-state index in [-0.39, 0.29) is 11.2 Å². The first-order valence-corrected chi connectivity index (χ1v) is 6.66. The van der Waals surface area contributed by atoms with Gasteiger partial charge in [-0.25, -0.2) is 4.39 Å². The fourth-order valence-corrected chi connectivity index (χ4v) is 2.92. The molecule has 94 valence electrons. The summed E-state index contributed by atoms with van der Waals surface area (Å²) in [7, 11) is 0. The first kappa shape index (κ1) is 13.0. The third kappa shape index (κ3) is 3.27. The lowest BCUT2D eigenvalue weighted by molar-refractivity contribution is 0.0191. The van der Waals surface area contributed by atoms with E-state index in [1.54, 1.807) is 6.07 Å². The van der Waals surface area contributed by atoms with Crippen LogP contribution in [-0.4, -0.2) is 19.8 Å². The van der Waals surface area contributed by atoms with Crippen molar-refractivity contribution in [2.75, 3.05) is 19.8 Å². The molecule has 17 heavy (non-hydrogen) atoms. The van der Waals surface area contributed by atoms with Crippen molar-refractivity contribution in [3.63, 3.8) is 0 Å². The predicted octanol–water partition coefficient (Wildman–Crippen LogP) is 2.89. The Morgan fingerprint density at radius 2 is 2.00 bits per heavy atom. The Kier molecular flexibility index (Phi) is 4.17. The predicted molar refractivity (Wildman–Crippen MR) is 69.3 cm³/mol. The van der Waals surface area contributed by atoms with E-state index in [1.165, 1.54) is 6.07 Å². The first-order chi connectivity index (χ1) is 8.13. The molecule has 0 spiro atoms. The molecule has 2 rings (SSSR count). The molecule has 2 nitrogen and oxygen atoms in total. The second kappa shape index (κ2) is 5.46. The summed E-state index contributed by atoms with van der Waals surface area (Å²) in [5.41, 5.74) is 6.98. The van der Waals surface area contributed by atoms with Crippen LogP contribution in [0.1, 0.15) is 18.4 Å². The minimum atomic E-state index is -0.200. The number of hydrogen-bond donors (Lipinski definition) is 1. The van der Waals surface area contributed by atoms with Crippen LogP contribution in [0.4, 0.5) is 4.39 Å². The summed E-state index contributed by atoms with van der Waals surface area (Å²) in [6.45, 7) is 2.14. The van der Waals surface area contributed by atoms with Crippen molar-refractivity contribution in [1.29, 1.82) is 0 Å². The molecule has 1 aliphatic rings. The number of nitrogens with two attached hydrogens (primary N) is 1. The van der Waals surface area contributed by atoms with Crippen LogP contribution in [0.25, 0.3) is 0 Å². The van der Waals surface area contributed by atoms with Crippen LogP contribution in [0, 0.1) is 11.2 Å². The highest BCUT2D eigenvalue weighted by Crippen LogP contribution is 2.34. The Labute approximate surface area is 109 Å². The van der Waals surface area contributed by atoms with Gasteiger partial charge in [0, 0.05) is 17.7 Å². The van der Waals surface area contributed by atoms with Gasteiger partial charge in [0.25, 0.3) is 0 Å². The quantitative estimate of drug-likeness (QED) is 0.932. The second-order valence-electron chi connectivity index (χ2n) is 4.77. The van der Waals surface area contributed by atoms with Gasteiger partial charge in [0.1, 0.15) is 5.82 Å². The van der Waals surface area contributed by atoms with Crippen LogP contribution >= 0.6 is 15.9 Å². The van der Waals surface area contributed by atoms with Crippen LogP contribution in [0.3, 0.4) is 0 Å². The molecule has 0 saturated carbocycles. The third-order valence-corrected chi connectivity index (χ3v) is 3.95. The molecule has 1 fully saturated rings. The molecule has 0 radical (unpaired) electrons. The van der Waals surface area contributed by atoms with Gasteiger partial charge < -0.3 is 10.5 Å². The van der Waals surface area contributed by atoms with Crippen LogP contribution in [0.5, 0.6) is 0 Å². The Hall–Kier alpha value is -0.450. The summed E-state index contributed by atoms with van der Waals surface area (Å²) in [5, 5.41) is 0. The van der Waals surface area contributed by atoms with Crippen LogP contribution in [-0.2, 0) is 11.2 Å². The lowest BCUT2D eigenvalue weighted by Gasteiger charge is -2.36. The molecule has 1 aromatic rings. The lowest BCUT2D eigenvalue weighted by Crippen LogP contribution is -2.38. The van der Waals surface area contributed by atoms with E-state index in [4.69, 9.17) is 10.5 Å². The zero-order chi connectivity index (χ0) is 12.3. The smallest absolute Gasteiger partial charge is 0.124 e.